The van der Waals surface area contributed by atoms with Crippen molar-refractivity contribution in [2.45, 2.75) is 296 Å². The molecule has 1 amide bonds. The summed E-state index contributed by atoms with van der Waals surface area (Å²) in [5.74, 6) is -0.122. The minimum Gasteiger partial charge on any atom is -0.466 e. The normalized spacial score (nSPS) is 13.1. The molecule has 6 heteroatoms. The number of esters is 1. The van der Waals surface area contributed by atoms with E-state index in [0.717, 1.165) is 83.5 Å². The predicted octanol–water partition coefficient (Wildman–Crippen LogP) is 17.6. The summed E-state index contributed by atoms with van der Waals surface area (Å²) in [4.78, 5) is 24.5. The Morgan fingerprint density at radius 1 is 0.439 bits per heavy atom. The van der Waals surface area contributed by atoms with Crippen molar-refractivity contribution in [2.75, 3.05) is 13.2 Å². The van der Waals surface area contributed by atoms with Gasteiger partial charge < -0.3 is 20.3 Å². The van der Waals surface area contributed by atoms with Gasteiger partial charge in [-0.3, -0.25) is 9.59 Å². The number of hydrogen-bond acceptors (Lipinski definition) is 5. The summed E-state index contributed by atoms with van der Waals surface area (Å²) >= 11 is 0. The number of unbranched alkanes of at least 4 members (excludes halogenated alkanes) is 34. The first-order valence-corrected chi connectivity index (χ1v) is 28.6. The van der Waals surface area contributed by atoms with Crippen LogP contribution in [0.2, 0.25) is 0 Å². The number of amides is 1. The van der Waals surface area contributed by atoms with Crippen LogP contribution in [0.15, 0.2) is 60.8 Å². The molecule has 0 aliphatic carbocycles. The average molecular weight is 925 g/mol. The van der Waals surface area contributed by atoms with Crippen LogP contribution in [0.3, 0.4) is 0 Å². The molecule has 6 nitrogen and oxygen atoms in total. The van der Waals surface area contributed by atoms with Crippen LogP contribution in [-0.4, -0.2) is 47.4 Å². The molecule has 2 unspecified atom stereocenters. The van der Waals surface area contributed by atoms with Gasteiger partial charge in [-0.2, -0.15) is 0 Å². The molecule has 66 heavy (non-hydrogen) atoms. The molecule has 0 spiro atoms. The van der Waals surface area contributed by atoms with Gasteiger partial charge in [0.25, 0.3) is 0 Å². The average Bonchev–Trinajstić information content (AvgIpc) is 3.32. The number of nitrogens with one attached hydrogen (secondary N) is 1. The summed E-state index contributed by atoms with van der Waals surface area (Å²) in [6.07, 6.45) is 70.9. The van der Waals surface area contributed by atoms with Gasteiger partial charge in [0.1, 0.15) is 0 Å². The third-order valence-corrected chi connectivity index (χ3v) is 12.8. The van der Waals surface area contributed by atoms with E-state index in [0.29, 0.717) is 19.4 Å². The number of rotatable bonds is 52. The van der Waals surface area contributed by atoms with Crippen molar-refractivity contribution in [1.29, 1.82) is 0 Å². The highest BCUT2D eigenvalue weighted by molar-refractivity contribution is 5.76. The number of allylic oxidation sites excluding steroid dienone is 9. The van der Waals surface area contributed by atoms with E-state index in [1.165, 1.54) is 173 Å². The molecule has 0 aromatic rings. The van der Waals surface area contributed by atoms with Crippen LogP contribution in [0.5, 0.6) is 0 Å². The SMILES string of the molecule is CCCCC/C=C\C/C=C\CCCCCCCCCC(=O)OCCCCC/C=C\C=C/CCCCCCCCC(=O)NC(CO)C(O)/C=C/CCCCCCCCCCCCCCCCC. The lowest BCUT2D eigenvalue weighted by Crippen LogP contribution is -2.45. The van der Waals surface area contributed by atoms with E-state index in [1.54, 1.807) is 6.08 Å². The highest BCUT2D eigenvalue weighted by Crippen LogP contribution is 2.15. The Labute approximate surface area is 409 Å². The minimum absolute atomic E-state index is 0.0313. The molecule has 3 N–H and O–H groups in total. The van der Waals surface area contributed by atoms with Crippen LogP contribution in [0, 0.1) is 0 Å². The van der Waals surface area contributed by atoms with Gasteiger partial charge in [0.15, 0.2) is 0 Å². The van der Waals surface area contributed by atoms with Crippen molar-refractivity contribution in [2.24, 2.45) is 0 Å². The quantitative estimate of drug-likeness (QED) is 0.0244. The summed E-state index contributed by atoms with van der Waals surface area (Å²) in [5.41, 5.74) is 0. The topological polar surface area (TPSA) is 95.9 Å². The predicted molar refractivity (Wildman–Crippen MR) is 287 cm³/mol. The zero-order valence-electron chi connectivity index (χ0n) is 43.7. The fraction of sp³-hybridized carbons (Fsp3) is 0.800. The lowest BCUT2D eigenvalue weighted by Gasteiger charge is -2.20. The summed E-state index contributed by atoms with van der Waals surface area (Å²) in [6, 6.07) is -0.646. The minimum atomic E-state index is -0.861. The van der Waals surface area contributed by atoms with Crippen molar-refractivity contribution in [3.05, 3.63) is 60.8 Å². The second-order valence-electron chi connectivity index (χ2n) is 19.3. The first-order valence-electron chi connectivity index (χ1n) is 28.6. The summed E-state index contributed by atoms with van der Waals surface area (Å²) in [5, 5.41) is 23.1. The number of carbonyl (C=O) groups is 2. The molecule has 0 aromatic heterocycles. The van der Waals surface area contributed by atoms with Gasteiger partial charge in [0, 0.05) is 12.8 Å². The first kappa shape index (κ1) is 63.6. The van der Waals surface area contributed by atoms with Crippen molar-refractivity contribution >= 4 is 11.9 Å². The van der Waals surface area contributed by atoms with Crippen molar-refractivity contribution in [3.8, 4) is 0 Å². The van der Waals surface area contributed by atoms with Gasteiger partial charge in [-0.05, 0) is 96.3 Å². The van der Waals surface area contributed by atoms with Crippen LogP contribution in [0.25, 0.3) is 0 Å². The fourth-order valence-electron chi connectivity index (χ4n) is 8.36. The lowest BCUT2D eigenvalue weighted by molar-refractivity contribution is -0.143. The molecule has 0 rings (SSSR count). The number of ether oxygens (including phenoxy) is 1. The maximum absolute atomic E-state index is 12.5. The molecule has 0 heterocycles. The third kappa shape index (κ3) is 51.0. The molecule has 0 saturated heterocycles. The van der Waals surface area contributed by atoms with Crippen molar-refractivity contribution in [3.63, 3.8) is 0 Å². The number of aliphatic hydroxyl groups excluding tert-OH is 2. The second kappa shape index (κ2) is 55.2. The Hall–Kier alpha value is -2.44. The Kier molecular flexibility index (Phi) is 53.1. The zero-order chi connectivity index (χ0) is 47.9. The van der Waals surface area contributed by atoms with Crippen molar-refractivity contribution < 1.29 is 24.5 Å². The van der Waals surface area contributed by atoms with Crippen LogP contribution in [0.4, 0.5) is 0 Å². The second-order valence-corrected chi connectivity index (χ2v) is 19.3. The monoisotopic (exact) mass is 924 g/mol. The third-order valence-electron chi connectivity index (χ3n) is 12.8. The molecule has 0 saturated carbocycles. The van der Waals surface area contributed by atoms with E-state index >= 15 is 0 Å². The summed E-state index contributed by atoms with van der Waals surface area (Å²) in [7, 11) is 0. The van der Waals surface area contributed by atoms with E-state index in [1.807, 2.05) is 6.08 Å². The van der Waals surface area contributed by atoms with Gasteiger partial charge in [-0.25, -0.2) is 0 Å². The molecule has 384 valence electrons. The Morgan fingerprint density at radius 2 is 0.803 bits per heavy atom. The standard InChI is InChI=1S/C60H109NO5/c1-3-5-7-9-11-13-15-17-19-21-24-28-32-36-40-44-48-52-58(63)57(56-62)61-59(64)53-49-45-41-37-33-29-25-23-27-31-35-39-43-47-51-55-66-60(65)54-50-46-42-38-34-30-26-22-20-18-16-14-12-10-8-6-4-2/h12,14,18,20,23,27,31,35,48,52,57-58,62-63H,3-11,13,15-17,19,21-22,24-26,28-30,32-34,36-47,49-51,53-56H2,1-2H3,(H,61,64)/b14-12-,20-18-,27-23-,35-31-,52-48+. The fourth-order valence-corrected chi connectivity index (χ4v) is 8.36. The highest BCUT2D eigenvalue weighted by Gasteiger charge is 2.18. The van der Waals surface area contributed by atoms with E-state index < -0.39 is 12.1 Å². The molecule has 0 aliphatic heterocycles. The number of aliphatic hydroxyl groups is 2. The smallest absolute Gasteiger partial charge is 0.305 e. The van der Waals surface area contributed by atoms with E-state index in [2.05, 4.69) is 67.8 Å². The molecule has 0 fully saturated rings. The number of carbonyl (C=O) groups excluding carboxylic acids is 2. The summed E-state index contributed by atoms with van der Waals surface area (Å²) in [6.45, 7) is 4.82. The molecular formula is C60H109NO5. The molecule has 0 aliphatic rings. The molecule has 2 atom stereocenters. The van der Waals surface area contributed by atoms with E-state index in [4.69, 9.17) is 4.74 Å². The van der Waals surface area contributed by atoms with Crippen LogP contribution >= 0.6 is 0 Å². The van der Waals surface area contributed by atoms with Crippen LogP contribution < -0.4 is 5.32 Å². The Morgan fingerprint density at radius 3 is 1.27 bits per heavy atom. The largest absolute Gasteiger partial charge is 0.466 e. The molecule has 0 bridgehead atoms. The zero-order valence-corrected chi connectivity index (χ0v) is 43.7. The van der Waals surface area contributed by atoms with Gasteiger partial charge in [0.2, 0.25) is 5.91 Å². The van der Waals surface area contributed by atoms with Crippen molar-refractivity contribution in [1.82, 2.24) is 5.32 Å². The van der Waals surface area contributed by atoms with Gasteiger partial charge in [-0.1, -0.05) is 235 Å². The highest BCUT2D eigenvalue weighted by atomic mass is 16.5. The molecule has 0 radical (unpaired) electrons. The Balaban J connectivity index is 3.56. The van der Waals surface area contributed by atoms with Gasteiger partial charge in [-0.15, -0.1) is 0 Å². The molecular weight excluding hydrogens is 815 g/mol. The maximum atomic E-state index is 12.5. The summed E-state index contributed by atoms with van der Waals surface area (Å²) < 4.78 is 5.45. The van der Waals surface area contributed by atoms with Gasteiger partial charge in [0.05, 0.1) is 25.4 Å². The maximum Gasteiger partial charge on any atom is 0.305 e. The molecule has 0 aromatic carbocycles. The van der Waals surface area contributed by atoms with Gasteiger partial charge >= 0.3 is 5.97 Å². The van der Waals surface area contributed by atoms with E-state index in [9.17, 15) is 19.8 Å². The van der Waals surface area contributed by atoms with E-state index in [-0.39, 0.29) is 18.5 Å². The number of hydrogen-bond donors (Lipinski definition) is 3. The van der Waals surface area contributed by atoms with Crippen LogP contribution in [-0.2, 0) is 14.3 Å². The first-order chi connectivity index (χ1) is 32.5. The van der Waals surface area contributed by atoms with Crippen LogP contribution in [0.1, 0.15) is 284 Å². The Bertz CT molecular complexity index is 1160. The lowest BCUT2D eigenvalue weighted by atomic mass is 10.0.